The molecule has 0 aliphatic carbocycles. The highest BCUT2D eigenvalue weighted by atomic mass is 16.8. The Kier molecular flexibility index (Phi) is 25.8. The van der Waals surface area contributed by atoms with E-state index >= 15 is 0 Å². The molecule has 0 aromatic heterocycles. The summed E-state index contributed by atoms with van der Waals surface area (Å²) in [4.78, 5) is 25.4. The van der Waals surface area contributed by atoms with Crippen LogP contribution >= 0.6 is 0 Å². The van der Waals surface area contributed by atoms with Gasteiger partial charge in [0, 0.05) is 13.8 Å². The van der Waals surface area contributed by atoms with Crippen LogP contribution in [0.5, 0.6) is 0 Å². The van der Waals surface area contributed by atoms with Crippen LogP contribution in [0.25, 0.3) is 0 Å². The van der Waals surface area contributed by atoms with Crippen LogP contribution in [0.15, 0.2) is 0 Å². The maximum absolute atomic E-state index is 12.7. The van der Waals surface area contributed by atoms with Crippen molar-refractivity contribution in [1.29, 1.82) is 0 Å². The fourth-order valence-corrected chi connectivity index (χ4v) is 10.3. The second kappa shape index (κ2) is 30.7. The zero-order chi connectivity index (χ0) is 61.6. The number of carbonyl (C=O) groups excluding carboxylic acids is 2. The maximum atomic E-state index is 12.7. The number of ether oxygens (including phenoxy) is 12. The van der Waals surface area contributed by atoms with Gasteiger partial charge in [-0.05, 0) is 6.92 Å². The number of nitrogens with one attached hydrogen (secondary N) is 2. The molecule has 0 unspecified atom stereocenters. The van der Waals surface area contributed by atoms with Gasteiger partial charge in [0.25, 0.3) is 0 Å². The molecule has 37 heteroatoms. The van der Waals surface area contributed by atoms with Crippen molar-refractivity contribution < 1.29 is 174 Å². The monoisotopic (exact) mass is 1220 g/mol. The fourth-order valence-electron chi connectivity index (χ4n) is 10.3. The lowest BCUT2D eigenvalue weighted by Crippen LogP contribution is -2.71. The molecule has 6 fully saturated rings. The van der Waals surface area contributed by atoms with Crippen molar-refractivity contribution in [3.05, 3.63) is 0 Å². The minimum atomic E-state index is -2.28. The van der Waals surface area contributed by atoms with Crippen LogP contribution in [0.3, 0.4) is 0 Å². The zero-order valence-electron chi connectivity index (χ0n) is 44.7. The minimum Gasteiger partial charge on any atom is -0.394 e. The molecule has 0 aromatic carbocycles. The Morgan fingerprint density at radius 1 is 0.386 bits per heavy atom. The summed E-state index contributed by atoms with van der Waals surface area (Å²) in [7, 11) is 0. The molecular weight excluding hydrogens is 1140 g/mol. The van der Waals surface area contributed by atoms with Crippen molar-refractivity contribution >= 4 is 11.8 Å². The average molecular weight is 1220 g/mol. The molecular formula is C46H80N2O35. The number of carbonyl (C=O) groups is 2. The number of rotatable bonds is 24. The Morgan fingerprint density at radius 3 is 1.20 bits per heavy atom. The summed E-state index contributed by atoms with van der Waals surface area (Å²) < 4.78 is 69.2. The molecule has 0 aromatic rings. The molecule has 37 nitrogen and oxygen atoms in total. The van der Waals surface area contributed by atoms with Gasteiger partial charge in [-0.3, -0.25) is 9.59 Å². The Labute approximate surface area is 471 Å². The third-order valence-electron chi connectivity index (χ3n) is 15.0. The van der Waals surface area contributed by atoms with Gasteiger partial charge >= 0.3 is 0 Å². The normalized spacial score (nSPS) is 46.8. The number of aliphatic hydroxyl groups is 21. The van der Waals surface area contributed by atoms with E-state index in [4.69, 9.17) is 56.8 Å². The van der Waals surface area contributed by atoms with Crippen molar-refractivity contribution in [3.8, 4) is 0 Å². The van der Waals surface area contributed by atoms with Gasteiger partial charge in [0.15, 0.2) is 37.7 Å². The van der Waals surface area contributed by atoms with Crippen molar-refractivity contribution in [3.63, 3.8) is 0 Å². The third-order valence-corrected chi connectivity index (χ3v) is 15.0. The van der Waals surface area contributed by atoms with Crippen LogP contribution in [-0.2, 0) is 66.4 Å². The summed E-state index contributed by atoms with van der Waals surface area (Å²) in [6.45, 7) is -4.17. The molecule has 0 radical (unpaired) electrons. The van der Waals surface area contributed by atoms with Crippen molar-refractivity contribution in [2.24, 2.45) is 0 Å². The second-order valence-electron chi connectivity index (χ2n) is 20.8. The van der Waals surface area contributed by atoms with Crippen LogP contribution in [-0.4, -0.2) is 374 Å². The highest BCUT2D eigenvalue weighted by Crippen LogP contribution is 2.38. The van der Waals surface area contributed by atoms with Gasteiger partial charge < -0.3 is 175 Å². The lowest BCUT2D eigenvalue weighted by atomic mass is 9.93. The molecule has 6 saturated heterocycles. The van der Waals surface area contributed by atoms with Crippen LogP contribution in [0, 0.1) is 0 Å². The summed E-state index contributed by atoms with van der Waals surface area (Å²) in [5.41, 5.74) is 0. The van der Waals surface area contributed by atoms with Crippen LogP contribution < -0.4 is 10.6 Å². The summed E-state index contributed by atoms with van der Waals surface area (Å²) >= 11 is 0. The summed E-state index contributed by atoms with van der Waals surface area (Å²) in [5.74, 6) is -1.78. The van der Waals surface area contributed by atoms with Crippen molar-refractivity contribution in [2.45, 2.75) is 229 Å². The first-order valence-corrected chi connectivity index (χ1v) is 26.4. The first-order valence-electron chi connectivity index (χ1n) is 26.4. The standard InChI is InChI=1S/C46H80N2O35/c1-11-23(60)30(67)32(69)43(72-11)83-40-31(68)25(62)16(6-51)75-46(40)80-37-20(10-55)77-42(22(29(37)66)48-13(3)57)82-39-27(64)18(8-53)74-45(34(39)71)79-36-19(9-54)76-41(21(28(36)65)47-12(2)56)81-38-26(63)17(7-52)73-44(33(38)70)78-35(15(59)5-50)24(61)14(58)4-49/h11,14-46,49-55,58-71H,4-10H2,1-3H3,(H,47,56)(H,48,57)/t11-,14-,15+,16+,17+,18+,19+,20+,21+,22+,23+,24+,25-,26-,27-,28+,29+,30+,31-,32-,33+,34+,35+,36+,37+,38-,39-,40+,41-,42-,43-,44-,45-,46-/m0/s1. The van der Waals surface area contributed by atoms with Crippen molar-refractivity contribution in [1.82, 2.24) is 10.6 Å². The van der Waals surface area contributed by atoms with Gasteiger partial charge in [0.05, 0.1) is 52.4 Å². The molecule has 0 bridgehead atoms. The van der Waals surface area contributed by atoms with Gasteiger partial charge in [-0.2, -0.15) is 0 Å². The summed E-state index contributed by atoms with van der Waals surface area (Å²) in [6, 6.07) is -3.69. The van der Waals surface area contributed by atoms with Gasteiger partial charge in [-0.25, -0.2) is 0 Å². The number of amides is 2. The first-order chi connectivity index (χ1) is 39.2. The van der Waals surface area contributed by atoms with Crippen LogP contribution in [0.4, 0.5) is 0 Å². The van der Waals surface area contributed by atoms with E-state index in [1.54, 1.807) is 0 Å². The summed E-state index contributed by atoms with van der Waals surface area (Å²) in [5, 5.41) is 230. The molecule has 6 aliphatic rings. The van der Waals surface area contributed by atoms with E-state index in [9.17, 15) is 117 Å². The molecule has 0 spiro atoms. The zero-order valence-corrected chi connectivity index (χ0v) is 44.7. The molecule has 23 N–H and O–H groups in total. The highest BCUT2D eigenvalue weighted by molar-refractivity contribution is 5.73. The fraction of sp³-hybridized carbons (Fsp3) is 0.957. The smallest absolute Gasteiger partial charge is 0.217 e. The van der Waals surface area contributed by atoms with Gasteiger partial charge in [0.2, 0.25) is 11.8 Å². The number of aliphatic hydroxyl groups excluding tert-OH is 21. The minimum absolute atomic E-state index is 0.886. The van der Waals surface area contributed by atoms with Gasteiger partial charge in [-0.15, -0.1) is 0 Å². The molecule has 2 amide bonds. The van der Waals surface area contributed by atoms with E-state index in [1.165, 1.54) is 6.92 Å². The predicted octanol–water partition coefficient (Wildman–Crippen LogP) is -15.3. The van der Waals surface area contributed by atoms with E-state index in [1.807, 2.05) is 0 Å². The van der Waals surface area contributed by atoms with E-state index in [0.29, 0.717) is 0 Å². The first kappa shape index (κ1) is 69.7. The van der Waals surface area contributed by atoms with E-state index in [-0.39, 0.29) is 0 Å². The third kappa shape index (κ3) is 15.6. The SMILES string of the molecule is CC(=O)N[C@H]1[C@H](O[C@H]2[C@@H](O)[C@@H](CO)O[C@@H](O[C@@H]([C@H](O)[C@@H](O)CO)[C@H](O)CO)[C@@H]2O)O[C@H](CO)[C@@H](O[C@@H]2O[C@H](CO)[C@H](O)[C@H](O[C@@H]3O[C@H](CO)[C@@H](O[C@@H]4O[C@H](CO)[C@H](O)[C@H](O)[C@H]4O[C@@H]4O[C@@H](C)[C@@H](O)[C@@H](O)[C@@H]4O)[C@H](O)[C@H]3NC(C)=O)[C@H]2O)[C@@H]1O. The van der Waals surface area contributed by atoms with Gasteiger partial charge in [-0.1, -0.05) is 0 Å². The van der Waals surface area contributed by atoms with E-state index in [2.05, 4.69) is 10.6 Å². The maximum Gasteiger partial charge on any atom is 0.217 e. The quantitative estimate of drug-likeness (QED) is 0.0427. The molecule has 83 heavy (non-hydrogen) atoms. The Bertz CT molecular complexity index is 2000. The predicted molar refractivity (Wildman–Crippen MR) is 256 cm³/mol. The van der Waals surface area contributed by atoms with E-state index in [0.717, 1.165) is 13.8 Å². The molecule has 6 heterocycles. The van der Waals surface area contributed by atoms with Gasteiger partial charge in [0.1, 0.15) is 165 Å². The molecule has 34 atom stereocenters. The second-order valence-corrected chi connectivity index (χ2v) is 20.8. The molecule has 6 rings (SSSR count). The van der Waals surface area contributed by atoms with Crippen molar-refractivity contribution in [2.75, 3.05) is 46.2 Å². The Hall–Kier alpha value is -2.38. The number of hydrogen-bond acceptors (Lipinski definition) is 35. The van der Waals surface area contributed by atoms with E-state index < -0.39 is 267 Å². The largest absolute Gasteiger partial charge is 0.394 e. The Balaban J connectivity index is 1.22. The van der Waals surface area contributed by atoms with Crippen LogP contribution in [0.1, 0.15) is 20.8 Å². The molecule has 484 valence electrons. The molecule has 0 saturated carbocycles. The summed E-state index contributed by atoms with van der Waals surface area (Å²) in [6.07, 6.45) is -62.4. The lowest BCUT2D eigenvalue weighted by Gasteiger charge is -2.51. The highest BCUT2D eigenvalue weighted by Gasteiger charge is 2.59. The average Bonchev–Trinajstić information content (AvgIpc) is 3.26. The molecule has 6 aliphatic heterocycles. The lowest BCUT2D eigenvalue weighted by molar-refractivity contribution is -0.392. The Morgan fingerprint density at radius 2 is 0.759 bits per heavy atom. The topological polar surface area (TPSA) is 594 Å². The number of hydrogen-bond donors (Lipinski definition) is 23. The van der Waals surface area contributed by atoms with Crippen LogP contribution in [0.2, 0.25) is 0 Å².